The zero-order chi connectivity index (χ0) is 16.5. The van der Waals surface area contributed by atoms with Crippen LogP contribution in [0.3, 0.4) is 0 Å². The number of rotatable bonds is 5. The van der Waals surface area contributed by atoms with E-state index in [0.717, 1.165) is 11.8 Å². The highest BCUT2D eigenvalue weighted by Crippen LogP contribution is 2.41. The van der Waals surface area contributed by atoms with Gasteiger partial charge in [0.15, 0.2) is 0 Å². The van der Waals surface area contributed by atoms with Crippen molar-refractivity contribution in [2.45, 2.75) is 6.42 Å². The maximum Gasteiger partial charge on any atom is 0.227 e. The molecular formula is C16H22N2O4S. The Morgan fingerprint density at radius 1 is 1.39 bits per heavy atom. The summed E-state index contributed by atoms with van der Waals surface area (Å²) in [6, 6.07) is 9.66. The third-order valence-electron chi connectivity index (χ3n) is 4.76. The van der Waals surface area contributed by atoms with Gasteiger partial charge in [0.25, 0.3) is 0 Å². The Kier molecular flexibility index (Phi) is 4.44. The first-order chi connectivity index (χ1) is 10.9. The molecule has 0 unspecified atom stereocenters. The van der Waals surface area contributed by atoms with Crippen LogP contribution in [0.5, 0.6) is 0 Å². The summed E-state index contributed by atoms with van der Waals surface area (Å²) in [5.74, 6) is 0.279. The van der Waals surface area contributed by atoms with Crippen molar-refractivity contribution in [3.63, 3.8) is 0 Å². The number of fused-ring (bicyclic) bond motifs is 1. The summed E-state index contributed by atoms with van der Waals surface area (Å²) in [5, 5.41) is 0. The predicted molar refractivity (Wildman–Crippen MR) is 86.3 cm³/mol. The summed E-state index contributed by atoms with van der Waals surface area (Å²) in [5.41, 5.74) is 0.698. The molecule has 1 amide bonds. The van der Waals surface area contributed by atoms with Gasteiger partial charge in [-0.3, -0.25) is 4.79 Å². The number of sulfonamides is 1. The van der Waals surface area contributed by atoms with Gasteiger partial charge in [0.1, 0.15) is 0 Å². The molecule has 0 aliphatic carbocycles. The van der Waals surface area contributed by atoms with Gasteiger partial charge in [-0.1, -0.05) is 30.3 Å². The summed E-state index contributed by atoms with van der Waals surface area (Å²) < 4.78 is 30.9. The number of nitrogens with zero attached hydrogens (tertiary/aromatic N) is 1. The topological polar surface area (TPSA) is 75.7 Å². The molecule has 2 saturated heterocycles. The van der Waals surface area contributed by atoms with Crippen LogP contribution >= 0.6 is 0 Å². The average molecular weight is 338 g/mol. The fraction of sp³-hybridized carbons (Fsp3) is 0.562. The van der Waals surface area contributed by atoms with Gasteiger partial charge < -0.3 is 9.64 Å². The lowest BCUT2D eigenvalue weighted by molar-refractivity contribution is -0.130. The Hall–Kier alpha value is -1.44. The monoisotopic (exact) mass is 338 g/mol. The summed E-state index contributed by atoms with van der Waals surface area (Å²) in [6.45, 7) is 2.59. The third-order valence-corrected chi connectivity index (χ3v) is 5.43. The Bertz CT molecular complexity index is 677. The van der Waals surface area contributed by atoms with Crippen molar-refractivity contribution in [2.75, 3.05) is 39.1 Å². The van der Waals surface area contributed by atoms with E-state index in [1.54, 1.807) is 0 Å². The summed E-state index contributed by atoms with van der Waals surface area (Å²) >= 11 is 0. The standard InChI is InChI=1S/C16H22N2O4S/c1-23(20,21)17-10-16-11-18(8-14(16)9-22-12-16)15(19)7-13-5-3-2-4-6-13/h2-6,14,17H,7-12H2,1H3/t14-,16+/m1/s1. The molecule has 1 aromatic carbocycles. The van der Waals surface area contributed by atoms with Crippen molar-refractivity contribution >= 4 is 15.9 Å². The van der Waals surface area contributed by atoms with Crippen LogP contribution in [0.2, 0.25) is 0 Å². The molecule has 3 rings (SSSR count). The lowest BCUT2D eigenvalue weighted by atomic mass is 9.81. The second kappa shape index (κ2) is 6.22. The van der Waals surface area contributed by atoms with Crippen molar-refractivity contribution in [3.8, 4) is 0 Å². The molecule has 7 heteroatoms. The fourth-order valence-electron chi connectivity index (χ4n) is 3.43. The molecule has 1 aromatic rings. The van der Waals surface area contributed by atoms with Crippen LogP contribution in [0.25, 0.3) is 0 Å². The maximum absolute atomic E-state index is 12.5. The second-order valence-corrected chi connectivity index (χ2v) is 8.44. The minimum absolute atomic E-state index is 0.0873. The summed E-state index contributed by atoms with van der Waals surface area (Å²) in [6.07, 6.45) is 1.53. The van der Waals surface area contributed by atoms with Crippen molar-refractivity contribution in [1.29, 1.82) is 0 Å². The van der Waals surface area contributed by atoms with Gasteiger partial charge in [-0.15, -0.1) is 0 Å². The highest BCUT2D eigenvalue weighted by Gasteiger charge is 2.51. The number of likely N-dealkylation sites (tertiary alicyclic amines) is 1. The van der Waals surface area contributed by atoms with Gasteiger partial charge in [0, 0.05) is 31.0 Å². The summed E-state index contributed by atoms with van der Waals surface area (Å²) in [4.78, 5) is 14.4. The van der Waals surface area contributed by atoms with Crippen LogP contribution < -0.4 is 4.72 Å². The molecule has 0 saturated carbocycles. The quantitative estimate of drug-likeness (QED) is 0.835. The Morgan fingerprint density at radius 3 is 2.83 bits per heavy atom. The number of hydrogen-bond donors (Lipinski definition) is 1. The maximum atomic E-state index is 12.5. The zero-order valence-electron chi connectivity index (χ0n) is 13.2. The van der Waals surface area contributed by atoms with Gasteiger partial charge in [-0.05, 0) is 5.56 Å². The van der Waals surface area contributed by atoms with Crippen molar-refractivity contribution in [2.24, 2.45) is 11.3 Å². The van der Waals surface area contributed by atoms with Gasteiger partial charge in [0.2, 0.25) is 15.9 Å². The molecule has 0 spiro atoms. The van der Waals surface area contributed by atoms with E-state index in [0.29, 0.717) is 39.3 Å². The van der Waals surface area contributed by atoms with E-state index in [4.69, 9.17) is 4.74 Å². The Morgan fingerprint density at radius 2 is 2.13 bits per heavy atom. The van der Waals surface area contributed by atoms with Crippen LogP contribution in [0.4, 0.5) is 0 Å². The van der Waals surface area contributed by atoms with Crippen LogP contribution in [0.1, 0.15) is 5.56 Å². The minimum atomic E-state index is -3.25. The molecule has 2 atom stereocenters. The first-order valence-electron chi connectivity index (χ1n) is 7.72. The van der Waals surface area contributed by atoms with Crippen LogP contribution in [0.15, 0.2) is 30.3 Å². The first kappa shape index (κ1) is 16.4. The largest absolute Gasteiger partial charge is 0.380 e. The molecule has 6 nitrogen and oxygen atoms in total. The van der Waals surface area contributed by atoms with Crippen LogP contribution in [-0.4, -0.2) is 58.3 Å². The van der Waals surface area contributed by atoms with Gasteiger partial charge in [0.05, 0.1) is 25.9 Å². The molecule has 23 heavy (non-hydrogen) atoms. The number of benzene rings is 1. The minimum Gasteiger partial charge on any atom is -0.380 e. The SMILES string of the molecule is CS(=O)(=O)NC[C@]12COC[C@H]1CN(C(=O)Cc1ccccc1)C2. The molecule has 2 heterocycles. The van der Waals surface area contributed by atoms with E-state index >= 15 is 0 Å². The molecule has 1 N–H and O–H groups in total. The normalized spacial score (nSPS) is 27.2. The number of nitrogens with one attached hydrogen (secondary N) is 1. The van der Waals surface area contributed by atoms with E-state index in [1.165, 1.54) is 0 Å². The fourth-order valence-corrected chi connectivity index (χ4v) is 3.98. The zero-order valence-corrected chi connectivity index (χ0v) is 14.0. The number of carbonyl (C=O) groups is 1. The Balaban J connectivity index is 1.66. The molecule has 2 fully saturated rings. The number of hydrogen-bond acceptors (Lipinski definition) is 4. The lowest BCUT2D eigenvalue weighted by Crippen LogP contribution is -2.43. The van der Waals surface area contributed by atoms with Crippen molar-refractivity contribution in [1.82, 2.24) is 9.62 Å². The molecule has 0 aromatic heterocycles. The van der Waals surface area contributed by atoms with E-state index in [1.807, 2.05) is 35.2 Å². The van der Waals surface area contributed by atoms with Crippen LogP contribution in [0, 0.1) is 11.3 Å². The number of amides is 1. The van der Waals surface area contributed by atoms with Gasteiger partial charge >= 0.3 is 0 Å². The Labute approximate surface area is 136 Å². The van der Waals surface area contributed by atoms with Crippen molar-refractivity contribution < 1.29 is 17.9 Å². The second-order valence-electron chi connectivity index (χ2n) is 6.60. The molecule has 2 aliphatic heterocycles. The highest BCUT2D eigenvalue weighted by atomic mass is 32.2. The molecule has 0 radical (unpaired) electrons. The number of ether oxygens (including phenoxy) is 1. The third kappa shape index (κ3) is 3.73. The number of carbonyl (C=O) groups excluding carboxylic acids is 1. The van der Waals surface area contributed by atoms with E-state index in [2.05, 4.69) is 4.72 Å². The van der Waals surface area contributed by atoms with E-state index in [-0.39, 0.29) is 17.2 Å². The lowest BCUT2D eigenvalue weighted by Gasteiger charge is -2.27. The van der Waals surface area contributed by atoms with Gasteiger partial charge in [-0.2, -0.15) is 0 Å². The first-order valence-corrected chi connectivity index (χ1v) is 9.61. The average Bonchev–Trinajstić information content (AvgIpc) is 3.02. The van der Waals surface area contributed by atoms with Crippen molar-refractivity contribution in [3.05, 3.63) is 35.9 Å². The predicted octanol–water partition coefficient (Wildman–Crippen LogP) is 0.253. The van der Waals surface area contributed by atoms with Gasteiger partial charge in [-0.25, -0.2) is 13.1 Å². The smallest absolute Gasteiger partial charge is 0.227 e. The van der Waals surface area contributed by atoms with Crippen LogP contribution in [-0.2, 0) is 26.0 Å². The molecule has 0 bridgehead atoms. The summed E-state index contributed by atoms with van der Waals surface area (Å²) in [7, 11) is -3.25. The molecular weight excluding hydrogens is 316 g/mol. The molecule has 2 aliphatic rings. The highest BCUT2D eigenvalue weighted by molar-refractivity contribution is 7.88. The van der Waals surface area contributed by atoms with E-state index in [9.17, 15) is 13.2 Å². The molecule has 126 valence electrons. The van der Waals surface area contributed by atoms with E-state index < -0.39 is 10.0 Å².